The average Bonchev–Trinajstić information content (AvgIpc) is 3.15. The maximum atomic E-state index is 12.6. The van der Waals surface area contributed by atoms with Gasteiger partial charge in [0.1, 0.15) is 0 Å². The summed E-state index contributed by atoms with van der Waals surface area (Å²) in [7, 11) is 0. The fourth-order valence-electron chi connectivity index (χ4n) is 3.60. The van der Waals surface area contributed by atoms with Crippen molar-refractivity contribution < 1.29 is 4.79 Å². The van der Waals surface area contributed by atoms with E-state index < -0.39 is 0 Å². The summed E-state index contributed by atoms with van der Waals surface area (Å²) in [5.74, 6) is 2.12. The molecular formula is C23H24N2OS. The molecule has 1 atom stereocenters. The molecule has 2 N–H and O–H groups in total. The zero-order chi connectivity index (χ0) is 18.5. The van der Waals surface area contributed by atoms with Crippen LogP contribution in [0, 0.1) is 0 Å². The van der Waals surface area contributed by atoms with Crippen LogP contribution in [0.25, 0.3) is 16.5 Å². The molecule has 3 nitrogen and oxygen atoms in total. The SMILES string of the molecule is O=C(CCSCc1c[nH]c2ccccc12)C1CC(c2ccccc2)=CCN1. The first-order chi connectivity index (χ1) is 13.3. The number of rotatable bonds is 7. The van der Waals surface area contributed by atoms with E-state index in [1.54, 1.807) is 0 Å². The van der Waals surface area contributed by atoms with Crippen LogP contribution < -0.4 is 5.32 Å². The molecule has 0 bridgehead atoms. The summed E-state index contributed by atoms with van der Waals surface area (Å²) < 4.78 is 0. The number of hydrogen-bond donors (Lipinski definition) is 2. The van der Waals surface area contributed by atoms with E-state index in [4.69, 9.17) is 0 Å². The summed E-state index contributed by atoms with van der Waals surface area (Å²) in [6.07, 6.45) is 5.69. The van der Waals surface area contributed by atoms with Crippen molar-refractivity contribution in [2.45, 2.75) is 24.6 Å². The zero-order valence-corrected chi connectivity index (χ0v) is 16.1. The van der Waals surface area contributed by atoms with Crippen molar-refractivity contribution in [1.82, 2.24) is 10.3 Å². The molecule has 0 saturated heterocycles. The fraction of sp³-hybridized carbons (Fsp3) is 0.261. The first-order valence-electron chi connectivity index (χ1n) is 9.44. The molecule has 1 aliphatic heterocycles. The van der Waals surface area contributed by atoms with Crippen LogP contribution in [0.4, 0.5) is 0 Å². The van der Waals surface area contributed by atoms with Crippen LogP contribution in [-0.4, -0.2) is 29.1 Å². The second-order valence-electron chi connectivity index (χ2n) is 6.89. The van der Waals surface area contributed by atoms with Crippen LogP contribution in [0.5, 0.6) is 0 Å². The van der Waals surface area contributed by atoms with Gasteiger partial charge in [0.15, 0.2) is 5.78 Å². The Labute approximate surface area is 164 Å². The molecule has 0 fully saturated rings. The molecule has 0 aliphatic carbocycles. The maximum absolute atomic E-state index is 12.6. The van der Waals surface area contributed by atoms with Gasteiger partial charge in [-0.15, -0.1) is 0 Å². The van der Waals surface area contributed by atoms with Crippen molar-refractivity contribution in [3.05, 3.63) is 78.0 Å². The van der Waals surface area contributed by atoms with Crippen LogP contribution in [0.1, 0.15) is 24.0 Å². The average molecular weight is 377 g/mol. The molecule has 1 aromatic heterocycles. The lowest BCUT2D eigenvalue weighted by Crippen LogP contribution is -2.39. The molecule has 2 heterocycles. The van der Waals surface area contributed by atoms with E-state index in [2.05, 4.69) is 65.0 Å². The van der Waals surface area contributed by atoms with Crippen molar-refractivity contribution in [2.24, 2.45) is 0 Å². The molecule has 1 unspecified atom stereocenters. The lowest BCUT2D eigenvalue weighted by Gasteiger charge is -2.23. The summed E-state index contributed by atoms with van der Waals surface area (Å²) >= 11 is 1.83. The standard InChI is InChI=1S/C23H24N2OS/c26-23(22-14-18(10-12-24-22)17-6-2-1-3-7-17)11-13-27-16-19-15-25-21-9-5-4-8-20(19)21/h1-10,15,22,24-25H,11-14,16H2. The van der Waals surface area contributed by atoms with E-state index in [1.165, 1.54) is 27.6 Å². The van der Waals surface area contributed by atoms with Gasteiger partial charge in [-0.2, -0.15) is 11.8 Å². The van der Waals surface area contributed by atoms with E-state index in [9.17, 15) is 4.79 Å². The van der Waals surface area contributed by atoms with E-state index in [1.807, 2.05) is 23.9 Å². The van der Waals surface area contributed by atoms with Gasteiger partial charge >= 0.3 is 0 Å². The van der Waals surface area contributed by atoms with Crippen LogP contribution in [-0.2, 0) is 10.5 Å². The predicted molar refractivity (Wildman–Crippen MR) is 115 cm³/mol. The van der Waals surface area contributed by atoms with Gasteiger partial charge in [-0.1, -0.05) is 54.6 Å². The van der Waals surface area contributed by atoms with Gasteiger partial charge in [-0.05, 0) is 29.2 Å². The Hall–Kier alpha value is -2.30. The Morgan fingerprint density at radius 1 is 1.07 bits per heavy atom. The first-order valence-corrected chi connectivity index (χ1v) is 10.6. The summed E-state index contributed by atoms with van der Waals surface area (Å²) in [6, 6.07) is 18.7. The summed E-state index contributed by atoms with van der Waals surface area (Å²) in [5.41, 5.74) is 4.99. The van der Waals surface area contributed by atoms with Gasteiger partial charge in [-0.3, -0.25) is 4.79 Å². The number of aromatic amines is 1. The summed E-state index contributed by atoms with van der Waals surface area (Å²) in [5, 5.41) is 4.64. The molecule has 4 rings (SSSR count). The Bertz CT molecular complexity index is 945. The Morgan fingerprint density at radius 2 is 1.89 bits per heavy atom. The number of para-hydroxylation sites is 1. The summed E-state index contributed by atoms with van der Waals surface area (Å²) in [4.78, 5) is 16.0. The van der Waals surface area contributed by atoms with Crippen molar-refractivity contribution in [3.63, 3.8) is 0 Å². The van der Waals surface area contributed by atoms with Crippen LogP contribution in [0.3, 0.4) is 0 Å². The van der Waals surface area contributed by atoms with E-state index in [0.29, 0.717) is 12.2 Å². The number of hydrogen-bond acceptors (Lipinski definition) is 3. The third-order valence-corrected chi connectivity index (χ3v) is 6.10. The number of aromatic nitrogens is 1. The maximum Gasteiger partial charge on any atom is 0.150 e. The largest absolute Gasteiger partial charge is 0.361 e. The monoisotopic (exact) mass is 376 g/mol. The molecule has 3 aromatic rings. The van der Waals surface area contributed by atoms with Gasteiger partial charge in [0.25, 0.3) is 0 Å². The highest BCUT2D eigenvalue weighted by Crippen LogP contribution is 2.25. The van der Waals surface area contributed by atoms with Gasteiger partial charge in [0, 0.05) is 41.6 Å². The molecule has 1 aliphatic rings. The highest BCUT2D eigenvalue weighted by Gasteiger charge is 2.22. The van der Waals surface area contributed by atoms with Crippen LogP contribution in [0.2, 0.25) is 0 Å². The molecule has 27 heavy (non-hydrogen) atoms. The number of carbonyl (C=O) groups excluding carboxylic acids is 1. The number of ketones is 1. The quantitative estimate of drug-likeness (QED) is 0.582. The minimum absolute atomic E-state index is 0.0566. The predicted octanol–water partition coefficient (Wildman–Crippen LogP) is 4.81. The van der Waals surface area contributed by atoms with Crippen molar-refractivity contribution >= 4 is 34.0 Å². The highest BCUT2D eigenvalue weighted by molar-refractivity contribution is 7.98. The van der Waals surface area contributed by atoms with E-state index in [0.717, 1.165) is 24.5 Å². The molecule has 0 radical (unpaired) electrons. The van der Waals surface area contributed by atoms with Crippen molar-refractivity contribution in [2.75, 3.05) is 12.3 Å². The molecule has 2 aromatic carbocycles. The van der Waals surface area contributed by atoms with E-state index in [-0.39, 0.29) is 6.04 Å². The molecule has 4 heteroatoms. The molecule has 0 spiro atoms. The number of benzene rings is 2. The number of nitrogens with one attached hydrogen (secondary N) is 2. The lowest BCUT2D eigenvalue weighted by atomic mass is 9.93. The molecule has 138 valence electrons. The number of Topliss-reactive ketones (excluding diaryl/α,β-unsaturated/α-hetero) is 1. The smallest absolute Gasteiger partial charge is 0.150 e. The Balaban J connectivity index is 1.27. The van der Waals surface area contributed by atoms with E-state index >= 15 is 0 Å². The van der Waals surface area contributed by atoms with Gasteiger partial charge in [0.2, 0.25) is 0 Å². The second kappa shape index (κ2) is 8.59. The fourth-order valence-corrected chi connectivity index (χ4v) is 4.54. The molecular weight excluding hydrogens is 352 g/mol. The second-order valence-corrected chi connectivity index (χ2v) is 7.99. The van der Waals surface area contributed by atoms with Gasteiger partial charge in [-0.25, -0.2) is 0 Å². The third kappa shape index (κ3) is 4.34. The molecule has 0 saturated carbocycles. The number of thioether (sulfide) groups is 1. The van der Waals surface area contributed by atoms with Crippen LogP contribution in [0.15, 0.2) is 66.9 Å². The normalized spacial score (nSPS) is 17.0. The summed E-state index contributed by atoms with van der Waals surface area (Å²) in [6.45, 7) is 0.767. The van der Waals surface area contributed by atoms with Crippen molar-refractivity contribution in [1.29, 1.82) is 0 Å². The minimum atomic E-state index is -0.0566. The Kier molecular flexibility index (Phi) is 5.75. The minimum Gasteiger partial charge on any atom is -0.361 e. The Morgan fingerprint density at radius 3 is 2.78 bits per heavy atom. The highest BCUT2D eigenvalue weighted by atomic mass is 32.2. The van der Waals surface area contributed by atoms with Crippen molar-refractivity contribution in [3.8, 4) is 0 Å². The van der Waals surface area contributed by atoms with Gasteiger partial charge < -0.3 is 10.3 Å². The topological polar surface area (TPSA) is 44.9 Å². The molecule has 0 amide bonds. The lowest BCUT2D eigenvalue weighted by molar-refractivity contribution is -0.120. The van der Waals surface area contributed by atoms with Crippen LogP contribution >= 0.6 is 11.8 Å². The number of H-pyrrole nitrogens is 1. The zero-order valence-electron chi connectivity index (χ0n) is 15.3. The van der Waals surface area contributed by atoms with Gasteiger partial charge in [0.05, 0.1) is 6.04 Å². The first kappa shape index (κ1) is 18.1. The third-order valence-electron chi connectivity index (χ3n) is 5.10. The number of carbonyl (C=O) groups is 1. The number of fused-ring (bicyclic) bond motifs is 1.